The normalized spacial score (nSPS) is 12.1. The van der Waals surface area contributed by atoms with Crippen LogP contribution in [0.1, 0.15) is 35.8 Å². The number of aromatic nitrogens is 4. The molecule has 0 spiro atoms. The van der Waals surface area contributed by atoms with E-state index in [0.29, 0.717) is 29.4 Å². The van der Waals surface area contributed by atoms with E-state index in [1.807, 2.05) is 65.2 Å². The van der Waals surface area contributed by atoms with Gasteiger partial charge in [0.05, 0.1) is 13.7 Å². The number of ether oxygens (including phenoxy) is 1. The van der Waals surface area contributed by atoms with Gasteiger partial charge in [-0.2, -0.15) is 9.59 Å². The molecule has 0 N–H and O–H groups in total. The average molecular weight is 470 g/mol. The van der Waals surface area contributed by atoms with Crippen molar-refractivity contribution >= 4 is 17.9 Å². The van der Waals surface area contributed by atoms with Crippen molar-refractivity contribution in [2.45, 2.75) is 26.4 Å². The van der Waals surface area contributed by atoms with E-state index >= 15 is 0 Å². The Balaban J connectivity index is 0.000000917. The molecule has 2 aromatic heterocycles. The molecule has 0 saturated carbocycles. The lowest BCUT2D eigenvalue weighted by molar-refractivity contribution is -0.191. The first-order valence-corrected chi connectivity index (χ1v) is 10.9. The third-order valence-corrected chi connectivity index (χ3v) is 5.70. The summed E-state index contributed by atoms with van der Waals surface area (Å²) in [4.78, 5) is 36.0. The number of hydrogen-bond donors (Lipinski definition) is 0. The van der Waals surface area contributed by atoms with E-state index in [0.717, 1.165) is 22.4 Å². The Morgan fingerprint density at radius 1 is 1.00 bits per heavy atom. The third kappa shape index (κ3) is 4.58. The summed E-state index contributed by atoms with van der Waals surface area (Å²) in [7, 11) is 1.65. The molecule has 0 aliphatic carbocycles. The van der Waals surface area contributed by atoms with Crippen LogP contribution in [0, 0.1) is 0 Å². The maximum absolute atomic E-state index is 13.3. The lowest BCUT2D eigenvalue weighted by atomic mass is 10.00. The second-order valence-electron chi connectivity index (χ2n) is 8.08. The number of carbonyl (C=O) groups is 1. The van der Waals surface area contributed by atoms with Crippen LogP contribution in [-0.4, -0.2) is 38.9 Å². The van der Waals surface area contributed by atoms with Crippen molar-refractivity contribution in [3.05, 3.63) is 78.1 Å². The fraction of sp³-hybridized carbons (Fsp3) is 0.192. The molecule has 3 heterocycles. The van der Waals surface area contributed by atoms with Crippen LogP contribution in [0.5, 0.6) is 5.75 Å². The van der Waals surface area contributed by atoms with Crippen LogP contribution in [0.25, 0.3) is 22.6 Å². The molecule has 176 valence electrons. The number of pyridine rings is 1. The molecule has 2 aromatic carbocycles. The topological polar surface area (TPSA) is 107 Å². The Hall–Kier alpha value is -4.62. The second kappa shape index (κ2) is 10.1. The van der Waals surface area contributed by atoms with Crippen LogP contribution in [0.4, 0.5) is 5.82 Å². The Morgan fingerprint density at radius 2 is 1.77 bits per heavy atom. The summed E-state index contributed by atoms with van der Waals surface area (Å²) in [6.07, 6.45) is 1.95. The van der Waals surface area contributed by atoms with Crippen molar-refractivity contribution in [1.82, 2.24) is 19.7 Å². The molecule has 9 heteroatoms. The summed E-state index contributed by atoms with van der Waals surface area (Å²) >= 11 is 0. The molecule has 0 fully saturated rings. The van der Waals surface area contributed by atoms with E-state index in [2.05, 4.69) is 24.0 Å². The standard InChI is InChI=1S/C25H23N5O2.CO2/c1-16(2)30-15-26-28-24(30)21-8-6-10-23(27-21)29-14-18-12-11-17(13-20(18)25(29)31)19-7-4-5-9-22(19)32-3;2-1-3/h4-13,15-16H,14H2,1-3H3;. The molecule has 1 aliphatic rings. The maximum Gasteiger partial charge on any atom is 0.373 e. The zero-order valence-corrected chi connectivity index (χ0v) is 19.5. The first kappa shape index (κ1) is 23.5. The number of hydrogen-bond acceptors (Lipinski definition) is 7. The molecular weight excluding hydrogens is 446 g/mol. The first-order valence-electron chi connectivity index (χ1n) is 10.9. The van der Waals surface area contributed by atoms with E-state index in [4.69, 9.17) is 19.3 Å². The number of methoxy groups -OCH3 is 1. The largest absolute Gasteiger partial charge is 0.496 e. The van der Waals surface area contributed by atoms with Gasteiger partial charge in [-0.15, -0.1) is 10.2 Å². The molecule has 1 amide bonds. The molecule has 35 heavy (non-hydrogen) atoms. The van der Waals surface area contributed by atoms with Gasteiger partial charge in [-0.05, 0) is 49.2 Å². The van der Waals surface area contributed by atoms with Gasteiger partial charge in [0, 0.05) is 17.2 Å². The van der Waals surface area contributed by atoms with Crippen LogP contribution in [0.15, 0.2) is 67.0 Å². The van der Waals surface area contributed by atoms with Gasteiger partial charge in [0.2, 0.25) is 0 Å². The number of para-hydroxylation sites is 1. The molecule has 9 nitrogen and oxygen atoms in total. The lowest BCUT2D eigenvalue weighted by Gasteiger charge is -2.16. The van der Waals surface area contributed by atoms with Gasteiger partial charge in [0.25, 0.3) is 5.91 Å². The summed E-state index contributed by atoms with van der Waals surface area (Å²) in [6.45, 7) is 4.61. The van der Waals surface area contributed by atoms with Gasteiger partial charge in [0.15, 0.2) is 5.82 Å². The molecule has 4 aromatic rings. The third-order valence-electron chi connectivity index (χ3n) is 5.70. The van der Waals surface area contributed by atoms with E-state index in [-0.39, 0.29) is 18.1 Å². The fourth-order valence-electron chi connectivity index (χ4n) is 4.04. The van der Waals surface area contributed by atoms with E-state index in [1.54, 1.807) is 18.3 Å². The number of carbonyl (C=O) groups excluding carboxylic acids is 3. The van der Waals surface area contributed by atoms with Gasteiger partial charge in [-0.3, -0.25) is 9.69 Å². The fourth-order valence-corrected chi connectivity index (χ4v) is 4.04. The zero-order valence-electron chi connectivity index (χ0n) is 19.5. The van der Waals surface area contributed by atoms with Crippen LogP contribution < -0.4 is 9.64 Å². The Kier molecular flexibility index (Phi) is 6.80. The summed E-state index contributed by atoms with van der Waals surface area (Å²) in [5.74, 6) is 2.00. The van der Waals surface area contributed by atoms with Crippen molar-refractivity contribution in [1.29, 1.82) is 0 Å². The number of benzene rings is 2. The predicted molar refractivity (Wildman–Crippen MR) is 128 cm³/mol. The van der Waals surface area contributed by atoms with Crippen LogP contribution in [-0.2, 0) is 16.1 Å². The molecule has 0 bridgehead atoms. The molecular formula is C26H23N5O4. The van der Waals surface area contributed by atoms with Gasteiger partial charge >= 0.3 is 6.15 Å². The number of nitrogens with zero attached hydrogens (tertiary/aromatic N) is 5. The van der Waals surface area contributed by atoms with Gasteiger partial charge in [-0.1, -0.05) is 36.4 Å². The highest BCUT2D eigenvalue weighted by Crippen LogP contribution is 2.35. The quantitative estimate of drug-likeness (QED) is 0.432. The SMILES string of the molecule is COc1ccccc1-c1ccc2c(c1)C(=O)N(c1cccc(-c3nncn3C(C)C)n1)C2.O=C=O. The number of anilines is 1. The monoisotopic (exact) mass is 469 g/mol. The summed E-state index contributed by atoms with van der Waals surface area (Å²) < 4.78 is 7.46. The number of rotatable bonds is 5. The summed E-state index contributed by atoms with van der Waals surface area (Å²) in [5.41, 5.74) is 4.25. The molecule has 0 radical (unpaired) electrons. The number of amides is 1. The molecule has 0 atom stereocenters. The van der Waals surface area contributed by atoms with Gasteiger partial charge < -0.3 is 9.30 Å². The van der Waals surface area contributed by atoms with Crippen LogP contribution >= 0.6 is 0 Å². The van der Waals surface area contributed by atoms with E-state index < -0.39 is 0 Å². The lowest BCUT2D eigenvalue weighted by Crippen LogP contribution is -2.24. The highest BCUT2D eigenvalue weighted by atomic mass is 16.5. The zero-order chi connectivity index (χ0) is 24.9. The molecule has 1 aliphatic heterocycles. The van der Waals surface area contributed by atoms with Gasteiger partial charge in [0.1, 0.15) is 23.6 Å². The van der Waals surface area contributed by atoms with Crippen LogP contribution in [0.2, 0.25) is 0 Å². The summed E-state index contributed by atoms with van der Waals surface area (Å²) in [5, 5.41) is 8.26. The average Bonchev–Trinajstić information content (AvgIpc) is 3.50. The Labute approximate surface area is 202 Å². The minimum Gasteiger partial charge on any atom is -0.496 e. The number of fused-ring (bicyclic) bond motifs is 1. The minimum absolute atomic E-state index is 0.0632. The van der Waals surface area contributed by atoms with Crippen LogP contribution in [0.3, 0.4) is 0 Å². The minimum atomic E-state index is -0.0632. The Bertz CT molecular complexity index is 1410. The maximum atomic E-state index is 13.3. The molecule has 0 unspecified atom stereocenters. The summed E-state index contributed by atoms with van der Waals surface area (Å²) in [6, 6.07) is 19.6. The van der Waals surface area contributed by atoms with Crippen molar-refractivity contribution in [3.8, 4) is 28.4 Å². The Morgan fingerprint density at radius 3 is 2.51 bits per heavy atom. The second-order valence-corrected chi connectivity index (χ2v) is 8.08. The first-order chi connectivity index (χ1) is 17.0. The van der Waals surface area contributed by atoms with Crippen molar-refractivity contribution in [2.75, 3.05) is 12.0 Å². The van der Waals surface area contributed by atoms with Crippen molar-refractivity contribution < 1.29 is 19.1 Å². The smallest absolute Gasteiger partial charge is 0.373 e. The van der Waals surface area contributed by atoms with Crippen molar-refractivity contribution in [3.63, 3.8) is 0 Å². The molecule has 5 rings (SSSR count). The predicted octanol–water partition coefficient (Wildman–Crippen LogP) is 4.17. The highest BCUT2D eigenvalue weighted by Gasteiger charge is 2.30. The van der Waals surface area contributed by atoms with Crippen molar-refractivity contribution in [2.24, 2.45) is 0 Å². The highest BCUT2D eigenvalue weighted by molar-refractivity contribution is 6.10. The van der Waals surface area contributed by atoms with E-state index in [1.165, 1.54) is 0 Å². The molecule has 0 saturated heterocycles. The van der Waals surface area contributed by atoms with Gasteiger partial charge in [-0.25, -0.2) is 4.98 Å². The van der Waals surface area contributed by atoms with E-state index in [9.17, 15) is 4.79 Å².